The third kappa shape index (κ3) is 3.89. The first-order valence-electron chi connectivity index (χ1n) is 5.73. The molecule has 0 aliphatic heterocycles. The Hall–Kier alpha value is -1.27. The van der Waals surface area contributed by atoms with Gasteiger partial charge in [-0.15, -0.1) is 11.3 Å². The van der Waals surface area contributed by atoms with E-state index in [1.807, 2.05) is 18.2 Å². The molecule has 2 aromatic rings. The number of nitrogens with zero attached hydrogens (tertiary/aromatic N) is 1. The molecular formula is C13H16N2O2S. The summed E-state index contributed by atoms with van der Waals surface area (Å²) in [4.78, 5) is 9.73. The number of thiazole rings is 1. The van der Waals surface area contributed by atoms with Crippen LogP contribution in [0.1, 0.15) is 5.01 Å². The van der Waals surface area contributed by atoms with E-state index in [0.717, 1.165) is 16.3 Å². The quantitative estimate of drug-likeness (QED) is 0.616. The lowest BCUT2D eigenvalue weighted by Gasteiger charge is -2.02. The van der Waals surface area contributed by atoms with Crippen LogP contribution in [-0.2, 0) is 16.1 Å². The van der Waals surface area contributed by atoms with Gasteiger partial charge in [-0.3, -0.25) is 4.84 Å². The molecule has 5 heteroatoms. The van der Waals surface area contributed by atoms with Gasteiger partial charge in [-0.2, -0.15) is 5.48 Å². The average molecular weight is 264 g/mol. The Labute approximate surface area is 111 Å². The Bertz CT molecular complexity index is 459. The minimum atomic E-state index is 0.535. The normalized spacial score (nSPS) is 10.7. The standard InChI is InChI=1S/C13H16N2O2S/c1-16-7-8-17-14-9-13-15-12(10-18-13)11-5-3-2-4-6-11/h2-6,10,14H,7-9H2,1H3. The number of benzene rings is 1. The summed E-state index contributed by atoms with van der Waals surface area (Å²) in [5, 5.41) is 3.06. The third-order valence-electron chi connectivity index (χ3n) is 2.34. The maximum Gasteiger partial charge on any atom is 0.109 e. The second kappa shape index (κ2) is 7.23. The topological polar surface area (TPSA) is 43.4 Å². The molecule has 0 spiro atoms. The molecule has 0 unspecified atom stereocenters. The number of hydrogen-bond donors (Lipinski definition) is 1. The summed E-state index contributed by atoms with van der Waals surface area (Å²) in [5.41, 5.74) is 5.02. The molecule has 0 amide bonds. The number of methoxy groups -OCH3 is 1. The van der Waals surface area contributed by atoms with Crippen molar-refractivity contribution in [3.63, 3.8) is 0 Å². The maximum absolute atomic E-state index is 5.18. The van der Waals surface area contributed by atoms with Crippen molar-refractivity contribution in [3.05, 3.63) is 40.7 Å². The zero-order valence-corrected chi connectivity index (χ0v) is 11.1. The molecule has 1 N–H and O–H groups in total. The highest BCUT2D eigenvalue weighted by atomic mass is 32.1. The summed E-state index contributed by atoms with van der Waals surface area (Å²) in [6.45, 7) is 1.73. The highest BCUT2D eigenvalue weighted by molar-refractivity contribution is 7.09. The summed E-state index contributed by atoms with van der Waals surface area (Å²) in [6, 6.07) is 10.1. The molecule has 1 aromatic carbocycles. The van der Waals surface area contributed by atoms with E-state index in [0.29, 0.717) is 19.8 Å². The minimum Gasteiger partial charge on any atom is -0.382 e. The molecule has 1 heterocycles. The first-order valence-corrected chi connectivity index (χ1v) is 6.61. The molecule has 0 aliphatic carbocycles. The van der Waals surface area contributed by atoms with E-state index in [-0.39, 0.29) is 0 Å². The molecule has 0 aliphatic rings. The van der Waals surface area contributed by atoms with Crippen LogP contribution >= 0.6 is 11.3 Å². The van der Waals surface area contributed by atoms with E-state index in [1.54, 1.807) is 18.4 Å². The van der Waals surface area contributed by atoms with E-state index in [4.69, 9.17) is 9.57 Å². The second-order valence-electron chi connectivity index (χ2n) is 3.65. The fourth-order valence-electron chi connectivity index (χ4n) is 1.44. The van der Waals surface area contributed by atoms with Crippen molar-refractivity contribution in [2.24, 2.45) is 0 Å². The van der Waals surface area contributed by atoms with Crippen molar-refractivity contribution in [3.8, 4) is 11.3 Å². The molecular weight excluding hydrogens is 248 g/mol. The van der Waals surface area contributed by atoms with Crippen LogP contribution in [0.15, 0.2) is 35.7 Å². The molecule has 0 atom stereocenters. The summed E-state index contributed by atoms with van der Waals surface area (Å²) in [6.07, 6.45) is 0. The van der Waals surface area contributed by atoms with E-state index in [2.05, 4.69) is 28.0 Å². The van der Waals surface area contributed by atoms with Crippen LogP contribution < -0.4 is 5.48 Å². The van der Waals surface area contributed by atoms with Gasteiger partial charge in [0.1, 0.15) is 5.01 Å². The molecule has 0 fully saturated rings. The van der Waals surface area contributed by atoms with Crippen LogP contribution in [0.25, 0.3) is 11.3 Å². The van der Waals surface area contributed by atoms with E-state index in [9.17, 15) is 0 Å². The highest BCUT2D eigenvalue weighted by Gasteiger charge is 2.03. The van der Waals surface area contributed by atoms with Gasteiger partial charge in [0, 0.05) is 18.1 Å². The Morgan fingerprint density at radius 3 is 2.83 bits per heavy atom. The fourth-order valence-corrected chi connectivity index (χ4v) is 2.17. The second-order valence-corrected chi connectivity index (χ2v) is 4.60. The number of nitrogens with one attached hydrogen (secondary N) is 1. The summed E-state index contributed by atoms with van der Waals surface area (Å²) >= 11 is 1.62. The Kier molecular flexibility index (Phi) is 5.29. The maximum atomic E-state index is 5.18. The molecule has 96 valence electrons. The number of rotatable bonds is 7. The monoisotopic (exact) mass is 264 g/mol. The van der Waals surface area contributed by atoms with Crippen LogP contribution in [0.4, 0.5) is 0 Å². The van der Waals surface area contributed by atoms with Crippen molar-refractivity contribution >= 4 is 11.3 Å². The van der Waals surface area contributed by atoms with Crippen molar-refractivity contribution < 1.29 is 9.57 Å². The van der Waals surface area contributed by atoms with Gasteiger partial charge in [0.2, 0.25) is 0 Å². The first-order chi connectivity index (χ1) is 8.90. The molecule has 0 saturated carbocycles. The predicted molar refractivity (Wildman–Crippen MR) is 72.2 cm³/mol. The number of hydrogen-bond acceptors (Lipinski definition) is 5. The Morgan fingerprint density at radius 2 is 2.06 bits per heavy atom. The minimum absolute atomic E-state index is 0.535. The lowest BCUT2D eigenvalue weighted by atomic mass is 10.2. The largest absolute Gasteiger partial charge is 0.382 e. The van der Waals surface area contributed by atoms with Crippen molar-refractivity contribution in [1.82, 2.24) is 10.5 Å². The van der Waals surface area contributed by atoms with Gasteiger partial charge in [0.15, 0.2) is 0 Å². The molecule has 0 radical (unpaired) electrons. The van der Waals surface area contributed by atoms with Gasteiger partial charge in [0.25, 0.3) is 0 Å². The van der Waals surface area contributed by atoms with E-state index >= 15 is 0 Å². The molecule has 0 saturated heterocycles. The van der Waals surface area contributed by atoms with Crippen LogP contribution in [0, 0.1) is 0 Å². The molecule has 0 bridgehead atoms. The zero-order chi connectivity index (χ0) is 12.6. The lowest BCUT2D eigenvalue weighted by Crippen LogP contribution is -2.16. The Morgan fingerprint density at radius 1 is 1.22 bits per heavy atom. The number of aromatic nitrogens is 1. The zero-order valence-electron chi connectivity index (χ0n) is 10.3. The number of ether oxygens (including phenoxy) is 1. The summed E-state index contributed by atoms with van der Waals surface area (Å²) < 4.78 is 4.88. The first kappa shape index (κ1) is 13.2. The summed E-state index contributed by atoms with van der Waals surface area (Å²) in [7, 11) is 1.65. The van der Waals surface area contributed by atoms with Gasteiger partial charge in [-0.25, -0.2) is 4.98 Å². The molecule has 4 nitrogen and oxygen atoms in total. The van der Waals surface area contributed by atoms with E-state index in [1.165, 1.54) is 0 Å². The van der Waals surface area contributed by atoms with Crippen LogP contribution in [0.5, 0.6) is 0 Å². The Balaban J connectivity index is 1.83. The van der Waals surface area contributed by atoms with Crippen LogP contribution in [0.3, 0.4) is 0 Å². The molecule has 1 aromatic heterocycles. The molecule has 18 heavy (non-hydrogen) atoms. The fraction of sp³-hybridized carbons (Fsp3) is 0.308. The van der Waals surface area contributed by atoms with Crippen LogP contribution in [0.2, 0.25) is 0 Å². The summed E-state index contributed by atoms with van der Waals surface area (Å²) in [5.74, 6) is 0. The predicted octanol–water partition coefficient (Wildman–Crippen LogP) is 2.48. The SMILES string of the molecule is COCCONCc1nc(-c2ccccc2)cs1. The van der Waals surface area contributed by atoms with Gasteiger partial charge in [-0.1, -0.05) is 30.3 Å². The van der Waals surface area contributed by atoms with Gasteiger partial charge >= 0.3 is 0 Å². The van der Waals surface area contributed by atoms with Crippen molar-refractivity contribution in [1.29, 1.82) is 0 Å². The van der Waals surface area contributed by atoms with Gasteiger partial charge < -0.3 is 4.74 Å². The third-order valence-corrected chi connectivity index (χ3v) is 3.19. The number of hydroxylamine groups is 1. The molecule has 2 rings (SSSR count). The van der Waals surface area contributed by atoms with Crippen molar-refractivity contribution in [2.45, 2.75) is 6.54 Å². The average Bonchev–Trinajstić information content (AvgIpc) is 2.88. The lowest BCUT2D eigenvalue weighted by molar-refractivity contribution is 0.00345. The van der Waals surface area contributed by atoms with Gasteiger partial charge in [-0.05, 0) is 0 Å². The van der Waals surface area contributed by atoms with Crippen molar-refractivity contribution in [2.75, 3.05) is 20.3 Å². The van der Waals surface area contributed by atoms with Gasteiger partial charge in [0.05, 0.1) is 25.5 Å². The highest BCUT2D eigenvalue weighted by Crippen LogP contribution is 2.21. The van der Waals surface area contributed by atoms with Crippen LogP contribution in [-0.4, -0.2) is 25.3 Å². The van der Waals surface area contributed by atoms with E-state index < -0.39 is 0 Å². The smallest absolute Gasteiger partial charge is 0.109 e.